The minimum atomic E-state index is -5.26. The van der Waals surface area contributed by atoms with E-state index in [0.717, 1.165) is 0 Å². The lowest BCUT2D eigenvalue weighted by Crippen LogP contribution is -2.33. The van der Waals surface area contributed by atoms with Gasteiger partial charge < -0.3 is 4.74 Å². The summed E-state index contributed by atoms with van der Waals surface area (Å²) in [7, 11) is 0. The molecule has 0 spiro atoms. The summed E-state index contributed by atoms with van der Waals surface area (Å²) in [5, 5.41) is 0. The summed E-state index contributed by atoms with van der Waals surface area (Å²) in [6.07, 6.45) is -4.92. The smallest absolute Gasteiger partial charge is 0.455 e. The molecule has 0 fully saturated rings. The van der Waals surface area contributed by atoms with Gasteiger partial charge in [-0.2, -0.15) is 13.2 Å². The minimum Gasteiger partial charge on any atom is -0.501 e. The average molecular weight is 313 g/mol. The number of carbonyl (C=O) groups is 2. The molecule has 0 N–H and O–H groups in total. The third kappa shape index (κ3) is 5.14. The van der Waals surface area contributed by atoms with E-state index in [1.54, 1.807) is 0 Å². The number of ether oxygens (including phenoxy) is 1. The predicted octanol–water partition coefficient (Wildman–Crippen LogP) is 2.98. The number of allylic oxidation sites excluding steroid dienone is 1. The Hall–Kier alpha value is -0.460. The maximum Gasteiger partial charge on any atom is 0.455 e. The molecule has 0 saturated heterocycles. The van der Waals surface area contributed by atoms with Gasteiger partial charge in [-0.15, -0.1) is 0 Å². The molecule has 0 unspecified atom stereocenters. The van der Waals surface area contributed by atoms with Crippen LogP contribution in [0.5, 0.6) is 0 Å². The van der Waals surface area contributed by atoms with E-state index in [1.807, 2.05) is 0 Å². The highest BCUT2D eigenvalue weighted by Gasteiger charge is 2.47. The molecule has 0 rings (SSSR count). The summed E-state index contributed by atoms with van der Waals surface area (Å²) in [6, 6.07) is 0. The molecule has 0 aliphatic heterocycles. The Balaban J connectivity index is 5.32. The maximum atomic E-state index is 12.1. The molecule has 0 heterocycles. The van der Waals surface area contributed by atoms with Gasteiger partial charge in [-0.25, -0.2) is 0 Å². The van der Waals surface area contributed by atoms with Gasteiger partial charge in [0.1, 0.15) is 5.57 Å². The van der Waals surface area contributed by atoms with Crippen LogP contribution in [0.4, 0.5) is 13.2 Å². The lowest BCUT2D eigenvalue weighted by molar-refractivity contribution is -0.167. The Morgan fingerprint density at radius 2 is 1.65 bits per heavy atom. The fourth-order valence-corrected chi connectivity index (χ4v) is 0.988. The summed E-state index contributed by atoms with van der Waals surface area (Å²) in [5.41, 5.74) is -1.36. The van der Waals surface area contributed by atoms with Gasteiger partial charge in [-0.1, -0.05) is 34.8 Å². The molecular weight excluding hydrogens is 307 g/mol. The van der Waals surface area contributed by atoms with Crippen molar-refractivity contribution in [2.45, 2.75) is 16.9 Å². The lowest BCUT2D eigenvalue weighted by atomic mass is 10.1. The van der Waals surface area contributed by atoms with E-state index >= 15 is 0 Å². The Kier molecular flexibility index (Phi) is 5.77. The van der Waals surface area contributed by atoms with Gasteiger partial charge in [-0.05, 0) is 6.92 Å². The van der Waals surface area contributed by atoms with Crippen LogP contribution in [0.3, 0.4) is 0 Å². The molecule has 9 heteroatoms. The van der Waals surface area contributed by atoms with Crippen molar-refractivity contribution in [3.05, 3.63) is 11.8 Å². The molecule has 0 saturated carbocycles. The second kappa shape index (κ2) is 5.93. The van der Waals surface area contributed by atoms with Gasteiger partial charge >= 0.3 is 6.18 Å². The molecule has 0 aromatic carbocycles. The molecule has 0 amide bonds. The topological polar surface area (TPSA) is 43.4 Å². The van der Waals surface area contributed by atoms with Crippen LogP contribution in [0.1, 0.15) is 6.92 Å². The first kappa shape index (κ1) is 16.5. The number of hydrogen-bond donors (Lipinski definition) is 0. The Morgan fingerprint density at radius 1 is 1.18 bits per heavy atom. The van der Waals surface area contributed by atoms with Crippen molar-refractivity contribution in [2.24, 2.45) is 0 Å². The number of hydrogen-bond acceptors (Lipinski definition) is 3. The summed E-state index contributed by atoms with van der Waals surface area (Å²) >= 11 is 15.4. The van der Waals surface area contributed by atoms with Crippen molar-refractivity contribution >= 4 is 46.4 Å². The number of ketones is 2. The van der Waals surface area contributed by atoms with E-state index in [9.17, 15) is 22.8 Å². The highest BCUT2D eigenvalue weighted by Crippen LogP contribution is 2.32. The molecule has 0 radical (unpaired) electrons. The van der Waals surface area contributed by atoms with Crippen LogP contribution in [0, 0.1) is 0 Å². The van der Waals surface area contributed by atoms with Crippen LogP contribution in [0.2, 0.25) is 0 Å². The molecule has 0 bridgehead atoms. The fraction of sp³-hybridized carbons (Fsp3) is 0.500. The number of Topliss-reactive ketones (excluding diaryl/α,β-unsaturated/α-hetero) is 2. The highest BCUT2D eigenvalue weighted by atomic mass is 35.6. The number of carbonyl (C=O) groups excluding carboxylic acids is 2. The van der Waals surface area contributed by atoms with Crippen molar-refractivity contribution in [1.29, 1.82) is 0 Å². The Morgan fingerprint density at radius 3 is 1.94 bits per heavy atom. The molecular formula is C8H6Cl3F3O3. The normalized spacial score (nSPS) is 13.5. The van der Waals surface area contributed by atoms with Gasteiger partial charge in [0.2, 0.25) is 5.78 Å². The third-order valence-electron chi connectivity index (χ3n) is 1.37. The first-order valence-electron chi connectivity index (χ1n) is 4.06. The van der Waals surface area contributed by atoms with E-state index in [2.05, 4.69) is 4.74 Å². The SMILES string of the molecule is CCOC=C(C(=O)C(F)(F)F)C(=O)C(Cl)(Cl)Cl. The molecule has 0 atom stereocenters. The minimum absolute atomic E-state index is 0.0538. The summed E-state index contributed by atoms with van der Waals surface area (Å²) in [6.45, 7) is 1.38. The van der Waals surface area contributed by atoms with Gasteiger partial charge in [0.15, 0.2) is 0 Å². The van der Waals surface area contributed by atoms with Gasteiger partial charge in [0, 0.05) is 0 Å². The molecule has 0 aromatic rings. The largest absolute Gasteiger partial charge is 0.501 e. The van der Waals surface area contributed by atoms with Crippen molar-refractivity contribution in [3.63, 3.8) is 0 Å². The summed E-state index contributed by atoms with van der Waals surface area (Å²) in [4.78, 5) is 22.2. The van der Waals surface area contributed by atoms with E-state index in [-0.39, 0.29) is 6.61 Å². The van der Waals surface area contributed by atoms with Crippen LogP contribution in [-0.2, 0) is 14.3 Å². The first-order valence-corrected chi connectivity index (χ1v) is 5.20. The molecule has 3 nitrogen and oxygen atoms in total. The number of alkyl halides is 6. The number of rotatable bonds is 4. The van der Waals surface area contributed by atoms with E-state index in [0.29, 0.717) is 6.26 Å². The Labute approximate surface area is 109 Å². The van der Waals surface area contributed by atoms with Crippen LogP contribution in [-0.4, -0.2) is 28.1 Å². The second-order valence-corrected chi connectivity index (χ2v) is 4.92. The molecule has 0 aliphatic carbocycles. The van der Waals surface area contributed by atoms with Crippen LogP contribution in [0.25, 0.3) is 0 Å². The highest BCUT2D eigenvalue weighted by molar-refractivity contribution is 6.78. The average Bonchev–Trinajstić information content (AvgIpc) is 2.14. The lowest BCUT2D eigenvalue weighted by Gasteiger charge is -2.13. The van der Waals surface area contributed by atoms with Crippen molar-refractivity contribution in [1.82, 2.24) is 0 Å². The quantitative estimate of drug-likeness (QED) is 0.263. The fourth-order valence-electron chi connectivity index (χ4n) is 0.682. The van der Waals surface area contributed by atoms with E-state index < -0.39 is 27.1 Å². The zero-order chi connectivity index (χ0) is 13.9. The maximum absolute atomic E-state index is 12.1. The van der Waals surface area contributed by atoms with Crippen molar-refractivity contribution in [3.8, 4) is 0 Å². The molecule has 0 aromatic heterocycles. The van der Waals surface area contributed by atoms with E-state index in [4.69, 9.17) is 34.8 Å². The second-order valence-electron chi connectivity index (χ2n) is 2.64. The molecule has 17 heavy (non-hydrogen) atoms. The van der Waals surface area contributed by atoms with Crippen LogP contribution in [0.15, 0.2) is 11.8 Å². The zero-order valence-electron chi connectivity index (χ0n) is 8.28. The van der Waals surface area contributed by atoms with Crippen molar-refractivity contribution in [2.75, 3.05) is 6.61 Å². The monoisotopic (exact) mass is 312 g/mol. The van der Waals surface area contributed by atoms with Gasteiger partial charge in [0.25, 0.3) is 9.58 Å². The number of halogens is 6. The Bertz CT molecular complexity index is 316. The zero-order valence-corrected chi connectivity index (χ0v) is 10.5. The first-order chi connectivity index (χ1) is 7.51. The predicted molar refractivity (Wildman–Crippen MR) is 56.1 cm³/mol. The summed E-state index contributed by atoms with van der Waals surface area (Å²) in [5.74, 6) is -4.03. The van der Waals surface area contributed by atoms with E-state index in [1.165, 1.54) is 6.92 Å². The van der Waals surface area contributed by atoms with Crippen molar-refractivity contribution < 1.29 is 27.5 Å². The molecule has 0 aliphatic rings. The standard InChI is InChI=1S/C8H6Cl3F3O3/c1-2-17-3-4(5(15)7(9,10)11)6(16)8(12,13)14/h3H,2H2,1H3. The van der Waals surface area contributed by atoms with Crippen LogP contribution < -0.4 is 0 Å². The van der Waals surface area contributed by atoms with Gasteiger partial charge in [0.05, 0.1) is 12.9 Å². The summed E-state index contributed by atoms with van der Waals surface area (Å²) < 4.78 is 38.2. The van der Waals surface area contributed by atoms with Crippen LogP contribution >= 0.6 is 34.8 Å². The molecule has 98 valence electrons. The third-order valence-corrected chi connectivity index (χ3v) is 1.89. The van der Waals surface area contributed by atoms with Gasteiger partial charge in [-0.3, -0.25) is 9.59 Å².